The van der Waals surface area contributed by atoms with E-state index in [1.165, 1.54) is 77.6 Å². The van der Waals surface area contributed by atoms with E-state index >= 15 is 0 Å². The summed E-state index contributed by atoms with van der Waals surface area (Å²) in [6.07, 6.45) is 14.6. The third-order valence-corrected chi connectivity index (χ3v) is 7.06. The first-order chi connectivity index (χ1) is 16.2. The van der Waals surface area contributed by atoms with Gasteiger partial charge in [0, 0.05) is 43.8 Å². The minimum absolute atomic E-state index is 0.261. The van der Waals surface area contributed by atoms with Crippen LogP contribution < -0.4 is 9.47 Å². The van der Waals surface area contributed by atoms with E-state index in [1.807, 2.05) is 0 Å². The molecule has 3 heterocycles. The molecule has 0 saturated carbocycles. The number of carbonyl (C=O) groups is 1. The van der Waals surface area contributed by atoms with Crippen molar-refractivity contribution in [3.8, 4) is 0 Å². The molecular weight excluding hydrogens is 408 g/mol. The van der Waals surface area contributed by atoms with Crippen LogP contribution in [0.3, 0.4) is 0 Å². The average molecular weight is 442 g/mol. The lowest BCUT2D eigenvalue weighted by atomic mass is 9.90. The number of carboxylic acids is 1. The quantitative estimate of drug-likeness (QED) is 0.363. The van der Waals surface area contributed by atoms with Crippen molar-refractivity contribution >= 4 is 34.7 Å². The Bertz CT molecular complexity index is 1170. The molecule has 0 spiro atoms. The highest BCUT2D eigenvalue weighted by Crippen LogP contribution is 2.36. The summed E-state index contributed by atoms with van der Waals surface area (Å²) in [5.74, 6) is -0.704. The van der Waals surface area contributed by atoms with Crippen LogP contribution in [-0.2, 0) is 24.2 Å². The molecule has 1 aromatic heterocycles. The first-order valence-electron chi connectivity index (χ1n) is 12.4. The second kappa shape index (κ2) is 9.78. The molecule has 0 amide bonds. The van der Waals surface area contributed by atoms with Gasteiger partial charge in [0.25, 0.3) is 0 Å². The van der Waals surface area contributed by atoms with Crippen molar-refractivity contribution in [3.05, 3.63) is 70.9 Å². The topological polar surface area (TPSA) is 44.4 Å². The molecule has 33 heavy (non-hydrogen) atoms. The number of pyridine rings is 1. The first kappa shape index (κ1) is 21.7. The second-order valence-corrected chi connectivity index (χ2v) is 9.40. The maximum Gasteiger partial charge on any atom is 0.303 e. The number of hydrogen-bond acceptors (Lipinski definition) is 2. The lowest BCUT2D eigenvalue weighted by Gasteiger charge is -2.37. The molecule has 0 radical (unpaired) electrons. The summed E-state index contributed by atoms with van der Waals surface area (Å²) in [5.41, 5.74) is 8.36. The number of rotatable bonds is 8. The largest absolute Gasteiger partial charge is 0.481 e. The van der Waals surface area contributed by atoms with Crippen LogP contribution in [0.5, 0.6) is 0 Å². The number of anilines is 1. The number of carboxylic acid groups (broad SMARTS) is 1. The summed E-state index contributed by atoms with van der Waals surface area (Å²) >= 11 is 0. The molecule has 3 aromatic rings. The molecule has 0 saturated heterocycles. The van der Waals surface area contributed by atoms with Crippen LogP contribution in [0.2, 0.25) is 0 Å². The van der Waals surface area contributed by atoms with Crippen molar-refractivity contribution in [2.45, 2.75) is 57.9 Å². The van der Waals surface area contributed by atoms with Crippen molar-refractivity contribution < 1.29 is 14.5 Å². The molecule has 0 unspecified atom stereocenters. The van der Waals surface area contributed by atoms with E-state index in [2.05, 4.69) is 70.3 Å². The van der Waals surface area contributed by atoms with Gasteiger partial charge in [0.1, 0.15) is 6.54 Å². The Morgan fingerprint density at radius 3 is 2.48 bits per heavy atom. The smallest absolute Gasteiger partial charge is 0.303 e. The third kappa shape index (κ3) is 4.80. The summed E-state index contributed by atoms with van der Waals surface area (Å²) < 4.78 is 2.30. The fourth-order valence-corrected chi connectivity index (χ4v) is 5.50. The van der Waals surface area contributed by atoms with Crippen molar-refractivity contribution in [1.29, 1.82) is 0 Å². The van der Waals surface area contributed by atoms with E-state index < -0.39 is 5.97 Å². The fourth-order valence-electron chi connectivity index (χ4n) is 5.50. The number of para-hydroxylation sites is 1. The lowest BCUT2D eigenvalue weighted by molar-refractivity contribution is -0.671. The van der Waals surface area contributed by atoms with Gasteiger partial charge in [0.05, 0.1) is 5.39 Å². The van der Waals surface area contributed by atoms with Crippen LogP contribution in [0.1, 0.15) is 60.8 Å². The number of aryl methyl sites for hydroxylation is 3. The number of hydrogen-bond donors (Lipinski definition) is 1. The van der Waals surface area contributed by atoms with E-state index in [4.69, 9.17) is 5.11 Å². The number of aromatic nitrogens is 1. The fraction of sp³-hybridized carbons (Fsp3) is 0.379. The van der Waals surface area contributed by atoms with Gasteiger partial charge in [0.15, 0.2) is 6.20 Å². The summed E-state index contributed by atoms with van der Waals surface area (Å²) in [7, 11) is 0. The van der Waals surface area contributed by atoms with E-state index in [1.54, 1.807) is 0 Å². The Labute approximate surface area is 196 Å². The molecule has 0 fully saturated rings. The van der Waals surface area contributed by atoms with E-state index in [0.717, 1.165) is 25.8 Å². The van der Waals surface area contributed by atoms with Gasteiger partial charge in [-0.2, -0.15) is 4.57 Å². The summed E-state index contributed by atoms with van der Waals surface area (Å²) in [5, 5.41) is 10.1. The van der Waals surface area contributed by atoms with Gasteiger partial charge in [-0.3, -0.25) is 4.79 Å². The van der Waals surface area contributed by atoms with Crippen molar-refractivity contribution in [3.63, 3.8) is 0 Å². The highest BCUT2D eigenvalue weighted by Gasteiger charge is 2.23. The van der Waals surface area contributed by atoms with Gasteiger partial charge in [-0.25, -0.2) is 0 Å². The normalized spacial score (nSPS) is 15.2. The lowest BCUT2D eigenvalue weighted by Crippen LogP contribution is -2.34. The van der Waals surface area contributed by atoms with E-state index in [0.29, 0.717) is 0 Å². The zero-order valence-electron chi connectivity index (χ0n) is 19.3. The van der Waals surface area contributed by atoms with Gasteiger partial charge in [0.2, 0.25) is 5.52 Å². The van der Waals surface area contributed by atoms with E-state index in [-0.39, 0.29) is 6.42 Å². The Kier molecular flexibility index (Phi) is 6.43. The molecule has 4 heteroatoms. The standard InChI is InChI=1S/C29H32N2O2/c32-28(33)12-2-1-5-16-30-19-15-23(26-10-3-4-11-27(26)30)14-13-22-20-24-8-6-17-31-18-7-9-25(21-22)29(24)31/h3-4,10-11,13-15,19-21H,1-2,5-9,12,16-18H2/p+1. The molecular formula is C29H33N2O2+. The Morgan fingerprint density at radius 1 is 0.970 bits per heavy atom. The van der Waals surface area contributed by atoms with Crippen molar-refractivity contribution in [2.24, 2.45) is 0 Å². The minimum Gasteiger partial charge on any atom is -0.481 e. The Hall–Kier alpha value is -3.14. The number of aliphatic carboxylic acids is 1. The maximum absolute atomic E-state index is 10.7. The molecule has 5 rings (SSSR count). The van der Waals surface area contributed by atoms with E-state index in [9.17, 15) is 4.79 Å². The highest BCUT2D eigenvalue weighted by molar-refractivity contribution is 5.89. The molecule has 2 aliphatic rings. The van der Waals surface area contributed by atoms with Crippen LogP contribution >= 0.6 is 0 Å². The molecule has 170 valence electrons. The predicted octanol–water partition coefficient (Wildman–Crippen LogP) is 5.64. The maximum atomic E-state index is 10.7. The second-order valence-electron chi connectivity index (χ2n) is 9.40. The van der Waals surface area contributed by atoms with Gasteiger partial charge < -0.3 is 10.0 Å². The number of nitrogens with zero attached hydrogens (tertiary/aromatic N) is 2. The van der Waals surface area contributed by atoms with Crippen LogP contribution in [0, 0.1) is 0 Å². The van der Waals surface area contributed by atoms with Gasteiger partial charge >= 0.3 is 5.97 Å². The average Bonchev–Trinajstić information content (AvgIpc) is 2.83. The number of unbranched alkanes of at least 4 members (excludes halogenated alkanes) is 2. The Morgan fingerprint density at radius 2 is 1.73 bits per heavy atom. The molecule has 2 aromatic carbocycles. The van der Waals surface area contributed by atoms with Gasteiger partial charge in [-0.1, -0.05) is 24.3 Å². The molecule has 0 atom stereocenters. The predicted molar refractivity (Wildman–Crippen MR) is 134 cm³/mol. The van der Waals surface area contributed by atoms with Crippen LogP contribution in [0.15, 0.2) is 48.7 Å². The molecule has 2 aliphatic heterocycles. The molecule has 0 aliphatic carbocycles. The van der Waals surface area contributed by atoms with Crippen LogP contribution in [0.4, 0.5) is 5.69 Å². The zero-order chi connectivity index (χ0) is 22.6. The molecule has 0 bridgehead atoms. The zero-order valence-corrected chi connectivity index (χ0v) is 19.3. The minimum atomic E-state index is -0.704. The summed E-state index contributed by atoms with van der Waals surface area (Å²) in [4.78, 5) is 13.3. The monoisotopic (exact) mass is 441 g/mol. The van der Waals surface area contributed by atoms with Gasteiger partial charge in [-0.05, 0) is 79.0 Å². The van der Waals surface area contributed by atoms with Crippen LogP contribution in [-0.4, -0.2) is 24.2 Å². The molecule has 4 nitrogen and oxygen atoms in total. The summed E-state index contributed by atoms with van der Waals surface area (Å²) in [6, 6.07) is 15.6. The first-order valence-corrected chi connectivity index (χ1v) is 12.4. The van der Waals surface area contributed by atoms with Gasteiger partial charge in [-0.15, -0.1) is 0 Å². The Balaban J connectivity index is 1.37. The summed E-state index contributed by atoms with van der Waals surface area (Å²) in [6.45, 7) is 3.34. The number of benzene rings is 2. The SMILES string of the molecule is O=C(O)CCCCC[n+]1ccc(C=Cc2cc3c4c(c2)CCCN4CCC3)c2ccccc21. The highest BCUT2D eigenvalue weighted by atomic mass is 16.4. The number of fused-ring (bicyclic) bond motifs is 1. The van der Waals surface area contributed by atoms with Crippen molar-refractivity contribution in [2.75, 3.05) is 18.0 Å². The van der Waals surface area contributed by atoms with Crippen LogP contribution in [0.25, 0.3) is 23.1 Å². The third-order valence-electron chi connectivity index (χ3n) is 7.06. The van der Waals surface area contributed by atoms with Crippen molar-refractivity contribution in [1.82, 2.24) is 0 Å². The molecule has 1 N–H and O–H groups in total.